The van der Waals surface area contributed by atoms with Crippen molar-refractivity contribution in [2.24, 2.45) is 0 Å². The Morgan fingerprint density at radius 3 is 2.11 bits per heavy atom. The Bertz CT molecular complexity index is 1470. The number of para-hydroxylation sites is 1. The lowest BCUT2D eigenvalue weighted by Crippen LogP contribution is -2.50. The van der Waals surface area contributed by atoms with Crippen molar-refractivity contribution in [2.75, 3.05) is 5.32 Å². The zero-order valence-electron chi connectivity index (χ0n) is 19.2. The summed E-state index contributed by atoms with van der Waals surface area (Å²) in [5.41, 5.74) is 2.37. The minimum Gasteiger partial charge on any atom is -0.457 e. The largest absolute Gasteiger partial charge is 0.457 e. The van der Waals surface area contributed by atoms with Crippen LogP contribution in [0, 0.1) is 0 Å². The van der Waals surface area contributed by atoms with Gasteiger partial charge in [0.2, 0.25) is 15.9 Å². The molecule has 0 radical (unpaired) electrons. The lowest BCUT2D eigenvalue weighted by Gasteiger charge is -2.35. The molecule has 0 aliphatic carbocycles. The van der Waals surface area contributed by atoms with Crippen LogP contribution >= 0.6 is 11.6 Å². The number of halogens is 1. The first-order valence-electron chi connectivity index (χ1n) is 11.4. The third kappa shape index (κ3) is 5.14. The van der Waals surface area contributed by atoms with Crippen LogP contribution in [0.15, 0.2) is 108 Å². The first kappa shape index (κ1) is 24.1. The lowest BCUT2D eigenvalue weighted by atomic mass is 9.95. The maximum atomic E-state index is 13.6. The number of nitrogens with one attached hydrogen (secondary N) is 1. The van der Waals surface area contributed by atoms with Crippen molar-refractivity contribution in [3.05, 3.63) is 119 Å². The van der Waals surface area contributed by atoms with Gasteiger partial charge in [-0.1, -0.05) is 54.1 Å². The second-order valence-electron chi connectivity index (χ2n) is 8.42. The average molecular weight is 519 g/mol. The van der Waals surface area contributed by atoms with E-state index in [1.54, 1.807) is 24.3 Å². The van der Waals surface area contributed by atoms with Gasteiger partial charge in [0.15, 0.2) is 0 Å². The van der Waals surface area contributed by atoms with E-state index in [9.17, 15) is 13.2 Å². The molecule has 0 fully saturated rings. The molecular formula is C28H23ClN2O4S. The van der Waals surface area contributed by atoms with Crippen LogP contribution in [0.25, 0.3) is 0 Å². The molecule has 182 valence electrons. The smallest absolute Gasteiger partial charge is 0.244 e. The summed E-state index contributed by atoms with van der Waals surface area (Å²) in [4.78, 5) is 13.5. The predicted octanol–water partition coefficient (Wildman–Crippen LogP) is 5.89. The number of sulfonamides is 1. The number of benzene rings is 4. The van der Waals surface area contributed by atoms with Crippen molar-refractivity contribution >= 4 is 33.2 Å². The third-order valence-electron chi connectivity index (χ3n) is 6.03. The van der Waals surface area contributed by atoms with E-state index in [-0.39, 0.29) is 17.9 Å². The topological polar surface area (TPSA) is 75.7 Å². The number of ether oxygens (including phenoxy) is 1. The number of hydrogen-bond acceptors (Lipinski definition) is 4. The van der Waals surface area contributed by atoms with Crippen LogP contribution in [0.5, 0.6) is 11.5 Å². The van der Waals surface area contributed by atoms with Crippen molar-refractivity contribution in [3.63, 3.8) is 0 Å². The summed E-state index contributed by atoms with van der Waals surface area (Å²) in [7, 11) is -3.96. The van der Waals surface area contributed by atoms with Crippen molar-refractivity contribution in [2.45, 2.75) is 23.9 Å². The molecule has 4 aromatic carbocycles. The summed E-state index contributed by atoms with van der Waals surface area (Å²) in [5.74, 6) is 0.926. The summed E-state index contributed by atoms with van der Waals surface area (Å²) in [6.45, 7) is 0.100. The van der Waals surface area contributed by atoms with Gasteiger partial charge < -0.3 is 10.1 Å². The monoisotopic (exact) mass is 518 g/mol. The van der Waals surface area contributed by atoms with Gasteiger partial charge in [-0.05, 0) is 78.2 Å². The Labute approximate surface area is 215 Å². The molecule has 6 nitrogen and oxygen atoms in total. The number of hydrogen-bond donors (Lipinski definition) is 1. The van der Waals surface area contributed by atoms with Gasteiger partial charge in [0, 0.05) is 17.3 Å². The van der Waals surface area contributed by atoms with Crippen LogP contribution < -0.4 is 10.1 Å². The van der Waals surface area contributed by atoms with E-state index in [0.717, 1.165) is 11.1 Å². The molecule has 1 N–H and O–H groups in total. The quantitative estimate of drug-likeness (QED) is 0.345. The Morgan fingerprint density at radius 1 is 0.806 bits per heavy atom. The van der Waals surface area contributed by atoms with E-state index in [2.05, 4.69) is 5.32 Å². The lowest BCUT2D eigenvalue weighted by molar-refractivity contribution is -0.120. The first-order chi connectivity index (χ1) is 17.4. The van der Waals surface area contributed by atoms with E-state index in [0.29, 0.717) is 22.2 Å². The molecule has 0 aromatic heterocycles. The molecular weight excluding hydrogens is 496 g/mol. The second kappa shape index (κ2) is 10.1. The number of amides is 1. The van der Waals surface area contributed by atoms with Gasteiger partial charge in [0.05, 0.1) is 4.90 Å². The number of rotatable bonds is 6. The van der Waals surface area contributed by atoms with Crippen molar-refractivity contribution in [3.8, 4) is 11.5 Å². The molecule has 1 atom stereocenters. The summed E-state index contributed by atoms with van der Waals surface area (Å²) >= 11 is 5.96. The van der Waals surface area contributed by atoms with Crippen LogP contribution in [-0.2, 0) is 27.8 Å². The Morgan fingerprint density at radius 2 is 1.42 bits per heavy atom. The minimum absolute atomic E-state index is 0.0893. The van der Waals surface area contributed by atoms with E-state index in [4.69, 9.17) is 16.3 Å². The zero-order valence-corrected chi connectivity index (χ0v) is 20.7. The Hall–Kier alpha value is -3.65. The third-order valence-corrected chi connectivity index (χ3v) is 8.15. The molecule has 8 heteroatoms. The number of fused-ring (bicyclic) bond motifs is 1. The molecule has 1 aliphatic heterocycles. The molecule has 0 unspecified atom stereocenters. The molecule has 1 heterocycles. The van der Waals surface area contributed by atoms with Crippen molar-refractivity contribution < 1.29 is 17.9 Å². The molecule has 1 aliphatic rings. The van der Waals surface area contributed by atoms with E-state index >= 15 is 0 Å². The highest BCUT2D eigenvalue weighted by atomic mass is 35.5. The number of anilines is 1. The summed E-state index contributed by atoms with van der Waals surface area (Å²) in [6, 6.07) is 29.0. The van der Waals surface area contributed by atoms with Gasteiger partial charge in [-0.2, -0.15) is 4.31 Å². The van der Waals surface area contributed by atoms with Crippen molar-refractivity contribution in [1.29, 1.82) is 0 Å². The van der Waals surface area contributed by atoms with Gasteiger partial charge >= 0.3 is 0 Å². The highest BCUT2D eigenvalue weighted by Crippen LogP contribution is 2.31. The molecule has 0 bridgehead atoms. The number of nitrogens with zero attached hydrogens (tertiary/aromatic N) is 1. The van der Waals surface area contributed by atoms with Gasteiger partial charge in [-0.25, -0.2) is 8.42 Å². The molecule has 4 aromatic rings. The Balaban J connectivity index is 1.39. The van der Waals surface area contributed by atoms with Crippen LogP contribution in [-0.4, -0.2) is 24.7 Å². The standard InChI is InChI=1S/C28H23ClN2O4S/c29-22-10-16-26(17-11-22)36(33,34)31-19-21-7-5-4-6-20(21)18-27(31)28(32)30-23-12-14-25(15-13-23)35-24-8-2-1-3-9-24/h1-17,27H,18-19H2,(H,30,32)/t27-/m1/s1. The molecule has 36 heavy (non-hydrogen) atoms. The SMILES string of the molecule is O=C(Nc1ccc(Oc2ccccc2)cc1)[C@H]1Cc2ccccc2CN1S(=O)(=O)c1ccc(Cl)cc1. The fraction of sp³-hybridized carbons (Fsp3) is 0.107. The second-order valence-corrected chi connectivity index (χ2v) is 10.7. The highest BCUT2D eigenvalue weighted by molar-refractivity contribution is 7.89. The number of carbonyl (C=O) groups excluding carboxylic acids is 1. The normalized spacial score (nSPS) is 15.6. The van der Waals surface area contributed by atoms with Gasteiger partial charge in [-0.3, -0.25) is 4.79 Å². The molecule has 0 spiro atoms. The zero-order chi connectivity index (χ0) is 25.1. The van der Waals surface area contributed by atoms with Gasteiger partial charge in [0.25, 0.3) is 0 Å². The van der Waals surface area contributed by atoms with Crippen LogP contribution in [0.4, 0.5) is 5.69 Å². The van der Waals surface area contributed by atoms with E-state index in [1.165, 1.54) is 28.6 Å². The summed E-state index contributed by atoms with van der Waals surface area (Å²) < 4.78 is 34.2. The van der Waals surface area contributed by atoms with Gasteiger partial charge in [-0.15, -0.1) is 0 Å². The minimum atomic E-state index is -3.96. The predicted molar refractivity (Wildman–Crippen MR) is 140 cm³/mol. The first-order valence-corrected chi connectivity index (χ1v) is 13.2. The maximum absolute atomic E-state index is 13.6. The fourth-order valence-corrected chi connectivity index (χ4v) is 5.86. The Kier molecular flexibility index (Phi) is 6.78. The maximum Gasteiger partial charge on any atom is 0.244 e. The number of carbonyl (C=O) groups is 1. The summed E-state index contributed by atoms with van der Waals surface area (Å²) in [6.07, 6.45) is 0.268. The van der Waals surface area contributed by atoms with Gasteiger partial charge in [0.1, 0.15) is 17.5 Å². The van der Waals surface area contributed by atoms with Crippen LogP contribution in [0.2, 0.25) is 5.02 Å². The molecule has 0 saturated heterocycles. The summed E-state index contributed by atoms with van der Waals surface area (Å²) in [5, 5.41) is 3.31. The van der Waals surface area contributed by atoms with Crippen LogP contribution in [0.1, 0.15) is 11.1 Å². The molecule has 5 rings (SSSR count). The van der Waals surface area contributed by atoms with E-state index in [1.807, 2.05) is 54.6 Å². The highest BCUT2D eigenvalue weighted by Gasteiger charge is 2.39. The average Bonchev–Trinajstić information content (AvgIpc) is 2.90. The fourth-order valence-electron chi connectivity index (χ4n) is 4.17. The van der Waals surface area contributed by atoms with Crippen molar-refractivity contribution in [1.82, 2.24) is 4.31 Å². The molecule has 1 amide bonds. The molecule has 0 saturated carbocycles. The van der Waals surface area contributed by atoms with E-state index < -0.39 is 22.0 Å². The van der Waals surface area contributed by atoms with Crippen LogP contribution in [0.3, 0.4) is 0 Å².